The van der Waals surface area contributed by atoms with Crippen LogP contribution in [0.1, 0.15) is 36.6 Å². The zero-order chi connectivity index (χ0) is 14.2. The lowest BCUT2D eigenvalue weighted by atomic mass is 9.92. The highest BCUT2D eigenvalue weighted by Gasteiger charge is 2.27. The summed E-state index contributed by atoms with van der Waals surface area (Å²) in [6.45, 7) is 0.356. The van der Waals surface area contributed by atoms with Gasteiger partial charge in [0, 0.05) is 23.1 Å². The van der Waals surface area contributed by atoms with E-state index < -0.39 is 29.0 Å². The van der Waals surface area contributed by atoms with Crippen LogP contribution < -0.4 is 15.3 Å². The Hall–Kier alpha value is -2.41. The van der Waals surface area contributed by atoms with Gasteiger partial charge < -0.3 is 34.4 Å². The molecule has 0 N–H and O–H groups in total. The van der Waals surface area contributed by atoms with E-state index in [-0.39, 0.29) is 23.7 Å². The number of carbonyl (C=O) groups is 3. The van der Waals surface area contributed by atoms with Crippen LogP contribution in [0.15, 0.2) is 12.1 Å². The van der Waals surface area contributed by atoms with Crippen LogP contribution in [0.4, 0.5) is 0 Å². The van der Waals surface area contributed by atoms with Crippen molar-refractivity contribution in [3.05, 3.63) is 34.4 Å². The quantitative estimate of drug-likeness (QED) is 0.508. The van der Waals surface area contributed by atoms with Gasteiger partial charge in [0.2, 0.25) is 0 Å². The number of aromatic carboxylic acids is 3. The second-order valence-corrected chi connectivity index (χ2v) is 4.04. The summed E-state index contributed by atoms with van der Waals surface area (Å²) in [5.41, 5.74) is -1.89. The maximum atomic E-state index is 11.1. The first-order chi connectivity index (χ1) is 8.91. The van der Waals surface area contributed by atoms with Crippen LogP contribution in [0.2, 0.25) is 0 Å². The predicted octanol–water partition coefficient (Wildman–Crippen LogP) is -3.28. The van der Waals surface area contributed by atoms with Crippen LogP contribution in [0.5, 0.6) is 0 Å². The van der Waals surface area contributed by atoms with Gasteiger partial charge in [0.1, 0.15) is 0 Å². The van der Waals surface area contributed by atoms with Crippen molar-refractivity contribution in [2.45, 2.75) is 12.5 Å². The topological polar surface area (TPSA) is 133 Å². The van der Waals surface area contributed by atoms with E-state index in [4.69, 9.17) is 4.74 Å². The van der Waals surface area contributed by atoms with E-state index in [1.54, 1.807) is 0 Å². The molecule has 1 heterocycles. The van der Waals surface area contributed by atoms with Crippen LogP contribution in [0, 0.1) is 0 Å². The normalized spacial score (nSPS) is 16.9. The molecule has 1 aliphatic heterocycles. The van der Waals surface area contributed by atoms with Gasteiger partial charge in [0.15, 0.2) is 0 Å². The van der Waals surface area contributed by atoms with Gasteiger partial charge in [0.05, 0.1) is 30.6 Å². The molecule has 2 rings (SSSR count). The molecule has 1 fully saturated rings. The van der Waals surface area contributed by atoms with Gasteiger partial charge in [-0.2, -0.15) is 0 Å². The highest BCUT2D eigenvalue weighted by atomic mass is 16.6. The lowest BCUT2D eigenvalue weighted by molar-refractivity contribution is -0.260. The zero-order valence-electron chi connectivity index (χ0n) is 9.50. The Kier molecular flexibility index (Phi) is 3.22. The van der Waals surface area contributed by atoms with E-state index in [1.165, 1.54) is 0 Å². The summed E-state index contributed by atoms with van der Waals surface area (Å²) in [5, 5.41) is 32.9. The third-order valence-corrected chi connectivity index (χ3v) is 2.79. The molecule has 1 aromatic carbocycles. The number of hydrogen-bond donors (Lipinski definition) is 0. The molecule has 7 nitrogen and oxygen atoms in total. The molecule has 7 heteroatoms. The minimum absolute atomic E-state index is 0.0340. The molecular weight excluding hydrogens is 256 g/mol. The number of ether oxygens (including phenoxy) is 1. The van der Waals surface area contributed by atoms with E-state index in [1.807, 2.05) is 0 Å². The van der Waals surface area contributed by atoms with Crippen molar-refractivity contribution in [3.8, 4) is 0 Å². The summed E-state index contributed by atoms with van der Waals surface area (Å²) in [6.07, 6.45) is -0.360. The number of carboxylic acid groups (broad SMARTS) is 3. The Morgan fingerprint density at radius 3 is 2.00 bits per heavy atom. The molecule has 0 saturated carbocycles. The predicted molar refractivity (Wildman–Crippen MR) is 52.9 cm³/mol. The third-order valence-electron chi connectivity index (χ3n) is 2.79. The van der Waals surface area contributed by atoms with Gasteiger partial charge in [-0.3, -0.25) is 0 Å². The Bertz CT molecular complexity index is 572. The molecule has 1 unspecified atom stereocenters. The van der Waals surface area contributed by atoms with E-state index >= 15 is 0 Å². The Morgan fingerprint density at radius 2 is 1.58 bits per heavy atom. The molecule has 1 aromatic rings. The van der Waals surface area contributed by atoms with Gasteiger partial charge in [0.25, 0.3) is 0 Å². The first-order valence-electron chi connectivity index (χ1n) is 5.33. The molecule has 0 spiro atoms. The second-order valence-electron chi connectivity index (χ2n) is 4.04. The molecular formula is C12H7O7-3. The second kappa shape index (κ2) is 4.69. The lowest BCUT2D eigenvalue weighted by Crippen LogP contribution is -2.33. The molecule has 1 saturated heterocycles. The summed E-state index contributed by atoms with van der Waals surface area (Å²) >= 11 is 0. The lowest BCUT2D eigenvalue weighted by Gasteiger charge is -2.20. The highest BCUT2D eigenvalue weighted by Crippen LogP contribution is 2.24. The average molecular weight is 263 g/mol. The Morgan fingerprint density at radius 1 is 1.05 bits per heavy atom. The largest absolute Gasteiger partial charge is 0.545 e. The molecule has 1 atom stereocenters. The van der Waals surface area contributed by atoms with Gasteiger partial charge in [-0.1, -0.05) is 12.1 Å². The van der Waals surface area contributed by atoms with Crippen molar-refractivity contribution in [1.29, 1.82) is 0 Å². The third kappa shape index (κ3) is 2.55. The first-order valence-corrected chi connectivity index (χ1v) is 5.33. The Balaban J connectivity index is 2.65. The number of epoxide rings is 1. The summed E-state index contributed by atoms with van der Waals surface area (Å²) in [7, 11) is 0. The molecule has 19 heavy (non-hydrogen) atoms. The minimum Gasteiger partial charge on any atom is -0.545 e. The molecule has 0 aliphatic carbocycles. The van der Waals surface area contributed by atoms with Crippen LogP contribution in [0.25, 0.3) is 0 Å². The van der Waals surface area contributed by atoms with Gasteiger partial charge >= 0.3 is 0 Å². The van der Waals surface area contributed by atoms with E-state index in [9.17, 15) is 29.7 Å². The van der Waals surface area contributed by atoms with Gasteiger partial charge in [-0.05, 0) is 5.56 Å². The van der Waals surface area contributed by atoms with Crippen LogP contribution in [-0.4, -0.2) is 30.6 Å². The van der Waals surface area contributed by atoms with E-state index in [0.29, 0.717) is 6.61 Å². The van der Waals surface area contributed by atoms with Gasteiger partial charge in [-0.15, -0.1) is 0 Å². The summed E-state index contributed by atoms with van der Waals surface area (Å²) < 4.78 is 4.89. The standard InChI is InChI=1S/C12H10O7/c13-10(14)6-1-2-7(11(15)16)9(12(17)18)8(6)3-5-4-19-5/h1-2,5H,3-4H2,(H,13,14)(H,15,16)(H,17,18)/p-3. The summed E-state index contributed by atoms with van der Waals surface area (Å²) in [5.74, 6) is -5.09. The van der Waals surface area contributed by atoms with Gasteiger partial charge in [-0.25, -0.2) is 0 Å². The van der Waals surface area contributed by atoms with Crippen molar-refractivity contribution >= 4 is 17.9 Å². The van der Waals surface area contributed by atoms with Crippen molar-refractivity contribution in [2.75, 3.05) is 6.61 Å². The number of carboxylic acids is 3. The molecule has 0 radical (unpaired) electrons. The zero-order valence-corrected chi connectivity index (χ0v) is 9.50. The SMILES string of the molecule is O=C([O-])c1ccc(C(=O)[O-])c(C(=O)[O-])c1CC1CO1. The van der Waals surface area contributed by atoms with Crippen LogP contribution in [0.3, 0.4) is 0 Å². The molecule has 1 aliphatic rings. The van der Waals surface area contributed by atoms with Crippen molar-refractivity contribution in [1.82, 2.24) is 0 Å². The monoisotopic (exact) mass is 263 g/mol. The maximum absolute atomic E-state index is 11.1. The van der Waals surface area contributed by atoms with Crippen molar-refractivity contribution < 1.29 is 34.4 Å². The minimum atomic E-state index is -1.78. The fourth-order valence-electron chi connectivity index (χ4n) is 1.87. The van der Waals surface area contributed by atoms with E-state index in [0.717, 1.165) is 12.1 Å². The van der Waals surface area contributed by atoms with Crippen LogP contribution in [-0.2, 0) is 11.2 Å². The first kappa shape index (κ1) is 13.0. The fourth-order valence-corrected chi connectivity index (χ4v) is 1.87. The summed E-state index contributed by atoms with van der Waals surface area (Å²) in [4.78, 5) is 32.9. The molecule has 0 aromatic heterocycles. The van der Waals surface area contributed by atoms with Crippen molar-refractivity contribution in [3.63, 3.8) is 0 Å². The highest BCUT2D eigenvalue weighted by molar-refractivity contribution is 6.04. The smallest absolute Gasteiger partial charge is 0.0850 e. The van der Waals surface area contributed by atoms with Crippen molar-refractivity contribution in [2.24, 2.45) is 0 Å². The number of benzene rings is 1. The summed E-state index contributed by atoms with van der Waals surface area (Å²) in [6, 6.07) is 1.83. The molecule has 0 amide bonds. The number of hydrogen-bond acceptors (Lipinski definition) is 7. The number of carbonyl (C=O) groups excluding carboxylic acids is 3. The fraction of sp³-hybridized carbons (Fsp3) is 0.250. The van der Waals surface area contributed by atoms with Crippen LogP contribution >= 0.6 is 0 Å². The maximum Gasteiger partial charge on any atom is 0.0850 e. The molecule has 100 valence electrons. The molecule has 0 bridgehead atoms. The Labute approximate surface area is 107 Å². The number of rotatable bonds is 5. The average Bonchev–Trinajstić information content (AvgIpc) is 3.11. The van der Waals surface area contributed by atoms with E-state index in [2.05, 4.69) is 0 Å².